The lowest BCUT2D eigenvalue weighted by molar-refractivity contribution is -0.167. The van der Waals surface area contributed by atoms with Gasteiger partial charge in [0.1, 0.15) is 13.2 Å². The van der Waals surface area contributed by atoms with Gasteiger partial charge in [-0.3, -0.25) is 14.4 Å². The molecule has 0 radical (unpaired) electrons. The van der Waals surface area contributed by atoms with Gasteiger partial charge in [-0.15, -0.1) is 0 Å². The summed E-state index contributed by atoms with van der Waals surface area (Å²) in [7, 11) is 0. The van der Waals surface area contributed by atoms with Crippen LogP contribution in [0, 0.1) is 5.92 Å². The predicted octanol–water partition coefficient (Wildman–Crippen LogP) is 13.9. The summed E-state index contributed by atoms with van der Waals surface area (Å²) in [6, 6.07) is 0. The first kappa shape index (κ1) is 49.4. The number of hydrogen-bond acceptors (Lipinski definition) is 6. The highest BCUT2D eigenvalue weighted by Crippen LogP contribution is 2.16. The van der Waals surface area contributed by atoms with E-state index < -0.39 is 6.10 Å². The van der Waals surface area contributed by atoms with Crippen LogP contribution in [0.1, 0.15) is 246 Å². The summed E-state index contributed by atoms with van der Waals surface area (Å²) in [5.74, 6) is -0.0965. The standard InChI is InChI=1S/C45H86O6/c1-5-7-9-11-13-15-17-18-20-22-24-30-34-38-45(48)51-42(40-50-44(47)37-33-29-26-25-27-31-35-41(3)4)39-49-43(46)36-32-28-23-21-19-16-14-12-10-8-6-2/h41-42H,5-40H2,1-4H3/t42-/m0/s1. The number of carbonyl (C=O) groups excluding carboxylic acids is 3. The number of unbranched alkanes of at least 4 members (excludes halogenated alkanes) is 27. The quantitative estimate of drug-likeness (QED) is 0.0356. The van der Waals surface area contributed by atoms with Crippen LogP contribution in [0.15, 0.2) is 0 Å². The van der Waals surface area contributed by atoms with Crippen molar-refractivity contribution in [2.24, 2.45) is 5.92 Å². The fraction of sp³-hybridized carbons (Fsp3) is 0.933. The van der Waals surface area contributed by atoms with Gasteiger partial charge < -0.3 is 14.2 Å². The molecule has 0 aromatic heterocycles. The molecule has 6 nitrogen and oxygen atoms in total. The highest BCUT2D eigenvalue weighted by molar-refractivity contribution is 5.71. The molecule has 0 aliphatic rings. The average molecular weight is 723 g/mol. The first-order valence-corrected chi connectivity index (χ1v) is 22.4. The maximum atomic E-state index is 12.7. The van der Waals surface area contributed by atoms with Crippen LogP contribution in [-0.4, -0.2) is 37.2 Å². The van der Waals surface area contributed by atoms with E-state index in [2.05, 4.69) is 27.7 Å². The molecule has 0 rings (SSSR count). The molecule has 0 saturated carbocycles. The number of esters is 3. The van der Waals surface area contributed by atoms with Crippen molar-refractivity contribution >= 4 is 17.9 Å². The third-order valence-electron chi connectivity index (χ3n) is 10.0. The van der Waals surface area contributed by atoms with Gasteiger partial charge in [-0.25, -0.2) is 0 Å². The summed E-state index contributed by atoms with van der Waals surface area (Å²) in [6.45, 7) is 8.92. The smallest absolute Gasteiger partial charge is 0.306 e. The Labute approximate surface area is 317 Å². The lowest BCUT2D eigenvalue weighted by Gasteiger charge is -2.18. The van der Waals surface area contributed by atoms with Crippen LogP contribution in [0.5, 0.6) is 0 Å². The highest BCUT2D eigenvalue weighted by atomic mass is 16.6. The summed E-state index contributed by atoms with van der Waals surface area (Å²) in [6.07, 6.45) is 38.1. The normalized spacial score (nSPS) is 11.9. The van der Waals surface area contributed by atoms with E-state index >= 15 is 0 Å². The minimum Gasteiger partial charge on any atom is -0.462 e. The predicted molar refractivity (Wildman–Crippen MR) is 215 cm³/mol. The zero-order chi connectivity index (χ0) is 37.5. The lowest BCUT2D eigenvalue weighted by Crippen LogP contribution is -2.30. The van der Waals surface area contributed by atoms with E-state index in [1.807, 2.05) is 0 Å². The first-order valence-electron chi connectivity index (χ1n) is 22.4. The van der Waals surface area contributed by atoms with E-state index in [1.54, 1.807) is 0 Å². The Balaban J connectivity index is 4.32. The van der Waals surface area contributed by atoms with Crippen molar-refractivity contribution in [1.29, 1.82) is 0 Å². The summed E-state index contributed by atoms with van der Waals surface area (Å²) < 4.78 is 16.7. The minimum absolute atomic E-state index is 0.0646. The number of rotatable bonds is 40. The molecule has 0 unspecified atom stereocenters. The Morgan fingerprint density at radius 1 is 0.373 bits per heavy atom. The van der Waals surface area contributed by atoms with Gasteiger partial charge in [-0.2, -0.15) is 0 Å². The molecule has 0 aliphatic heterocycles. The third kappa shape index (κ3) is 39.5. The molecule has 6 heteroatoms. The van der Waals surface area contributed by atoms with Gasteiger partial charge in [0.25, 0.3) is 0 Å². The van der Waals surface area contributed by atoms with Gasteiger partial charge in [0, 0.05) is 19.3 Å². The number of carbonyl (C=O) groups is 3. The van der Waals surface area contributed by atoms with Crippen molar-refractivity contribution in [3.8, 4) is 0 Å². The first-order chi connectivity index (χ1) is 24.9. The Hall–Kier alpha value is -1.59. The van der Waals surface area contributed by atoms with Gasteiger partial charge in [-0.1, -0.05) is 207 Å². The zero-order valence-electron chi connectivity index (χ0n) is 34.6. The Kier molecular flexibility index (Phi) is 38.4. The molecule has 0 amide bonds. The molecular weight excluding hydrogens is 636 g/mol. The fourth-order valence-electron chi connectivity index (χ4n) is 6.63. The molecule has 0 saturated heterocycles. The summed E-state index contributed by atoms with van der Waals surface area (Å²) in [5.41, 5.74) is 0. The third-order valence-corrected chi connectivity index (χ3v) is 10.0. The van der Waals surface area contributed by atoms with Crippen molar-refractivity contribution in [3.63, 3.8) is 0 Å². The molecule has 51 heavy (non-hydrogen) atoms. The van der Waals surface area contributed by atoms with Crippen molar-refractivity contribution in [1.82, 2.24) is 0 Å². The molecule has 0 aliphatic carbocycles. The largest absolute Gasteiger partial charge is 0.462 e. The molecular formula is C45H86O6. The van der Waals surface area contributed by atoms with Gasteiger partial charge >= 0.3 is 17.9 Å². The van der Waals surface area contributed by atoms with E-state index in [0.717, 1.165) is 63.7 Å². The molecule has 0 N–H and O–H groups in total. The van der Waals surface area contributed by atoms with Crippen LogP contribution >= 0.6 is 0 Å². The number of hydrogen-bond donors (Lipinski definition) is 0. The SMILES string of the molecule is CCCCCCCCCCCCCCCC(=O)O[C@@H](COC(=O)CCCCCCCCCCCCC)COC(=O)CCCCCCCCC(C)C. The van der Waals surface area contributed by atoms with Crippen LogP contribution in [0.4, 0.5) is 0 Å². The van der Waals surface area contributed by atoms with E-state index in [1.165, 1.54) is 141 Å². The van der Waals surface area contributed by atoms with E-state index in [-0.39, 0.29) is 31.1 Å². The van der Waals surface area contributed by atoms with Crippen LogP contribution in [0.25, 0.3) is 0 Å². The molecule has 0 spiro atoms. The fourth-order valence-corrected chi connectivity index (χ4v) is 6.63. The van der Waals surface area contributed by atoms with Gasteiger partial charge in [-0.05, 0) is 25.2 Å². The van der Waals surface area contributed by atoms with E-state index in [9.17, 15) is 14.4 Å². The summed E-state index contributed by atoms with van der Waals surface area (Å²) in [4.78, 5) is 37.6. The second-order valence-corrected chi connectivity index (χ2v) is 15.8. The Morgan fingerprint density at radius 2 is 0.647 bits per heavy atom. The van der Waals surface area contributed by atoms with Crippen molar-refractivity contribution in [3.05, 3.63) is 0 Å². The van der Waals surface area contributed by atoms with Gasteiger partial charge in [0.15, 0.2) is 6.10 Å². The highest BCUT2D eigenvalue weighted by Gasteiger charge is 2.19. The second-order valence-electron chi connectivity index (χ2n) is 15.8. The van der Waals surface area contributed by atoms with Crippen LogP contribution < -0.4 is 0 Å². The molecule has 0 bridgehead atoms. The molecule has 302 valence electrons. The van der Waals surface area contributed by atoms with Crippen LogP contribution in [0.3, 0.4) is 0 Å². The summed E-state index contributed by atoms with van der Waals surface area (Å²) >= 11 is 0. The van der Waals surface area contributed by atoms with Crippen LogP contribution in [0.2, 0.25) is 0 Å². The Morgan fingerprint density at radius 3 is 0.961 bits per heavy atom. The molecule has 0 heterocycles. The molecule has 0 aromatic rings. The van der Waals surface area contributed by atoms with Gasteiger partial charge in [0.05, 0.1) is 0 Å². The molecule has 1 atom stereocenters. The molecule has 0 fully saturated rings. The van der Waals surface area contributed by atoms with Crippen molar-refractivity contribution in [2.75, 3.05) is 13.2 Å². The van der Waals surface area contributed by atoms with E-state index in [0.29, 0.717) is 19.3 Å². The van der Waals surface area contributed by atoms with Crippen molar-refractivity contribution < 1.29 is 28.6 Å². The lowest BCUT2D eigenvalue weighted by atomic mass is 10.0. The zero-order valence-corrected chi connectivity index (χ0v) is 34.6. The minimum atomic E-state index is -0.759. The maximum absolute atomic E-state index is 12.7. The van der Waals surface area contributed by atoms with Crippen LogP contribution in [-0.2, 0) is 28.6 Å². The second kappa shape index (κ2) is 39.6. The van der Waals surface area contributed by atoms with Gasteiger partial charge in [0.2, 0.25) is 0 Å². The maximum Gasteiger partial charge on any atom is 0.306 e. The monoisotopic (exact) mass is 723 g/mol. The average Bonchev–Trinajstić information content (AvgIpc) is 3.11. The Bertz CT molecular complexity index is 766. The van der Waals surface area contributed by atoms with Crippen molar-refractivity contribution in [2.45, 2.75) is 252 Å². The summed E-state index contributed by atoms with van der Waals surface area (Å²) in [5, 5.41) is 0. The topological polar surface area (TPSA) is 78.9 Å². The molecule has 0 aromatic carbocycles. The number of ether oxygens (including phenoxy) is 3. The van der Waals surface area contributed by atoms with E-state index in [4.69, 9.17) is 14.2 Å².